The minimum absolute atomic E-state index is 0.000513. The Labute approximate surface area is 421 Å². The molecular weight excluding hydrogens is 1010 g/mol. The molecule has 0 aromatic rings. The molecule has 0 radical (unpaired) electrons. The van der Waals surface area contributed by atoms with Crippen LogP contribution in [0.15, 0.2) is 12.2 Å². The third kappa shape index (κ3) is 9.29. The molecule has 22 heteroatoms. The average Bonchev–Trinajstić information content (AvgIpc) is 3.37. The summed E-state index contributed by atoms with van der Waals surface area (Å²) in [5, 5.41) is 0. The van der Waals surface area contributed by atoms with Gasteiger partial charge in [0.05, 0.1) is 0 Å². The van der Waals surface area contributed by atoms with Gasteiger partial charge in [0.2, 0.25) is 0 Å². The highest BCUT2D eigenvalue weighted by Crippen LogP contribution is 2.65. The first kappa shape index (κ1) is 50.3. The number of hydrogen-bond donors (Lipinski definition) is 0. The van der Waals surface area contributed by atoms with Gasteiger partial charge in [0.1, 0.15) is 0 Å². The fourth-order valence-corrected chi connectivity index (χ4v) is 70.5. The molecular formula is C47H84O14Si8. The van der Waals surface area contributed by atoms with Gasteiger partial charge in [0.15, 0.2) is 6.23 Å². The van der Waals surface area contributed by atoms with Gasteiger partial charge in [-0.25, -0.2) is 4.79 Å². The molecule has 6 saturated heterocycles. The predicted octanol–water partition coefficient (Wildman–Crippen LogP) is 12.8. The zero-order valence-electron chi connectivity index (χ0n) is 41.9. The van der Waals surface area contributed by atoms with Crippen molar-refractivity contribution in [2.45, 2.75) is 270 Å². The lowest BCUT2D eigenvalue weighted by Gasteiger charge is -2.67. The van der Waals surface area contributed by atoms with Gasteiger partial charge in [-0.2, -0.15) is 0 Å². The Morgan fingerprint density at radius 1 is 0.333 bits per heavy atom. The molecule has 7 saturated carbocycles. The second-order valence-electron chi connectivity index (χ2n) is 23.8. The van der Waals surface area contributed by atoms with Crippen molar-refractivity contribution in [1.29, 1.82) is 0 Å². The van der Waals surface area contributed by atoms with Crippen molar-refractivity contribution in [2.75, 3.05) is 6.23 Å². The van der Waals surface area contributed by atoms with Crippen LogP contribution in [0.2, 0.25) is 38.8 Å². The summed E-state index contributed by atoms with van der Waals surface area (Å²) in [5.74, 6) is -0.512. The smallest absolute Gasteiger partial charge is 0.458 e. The Balaban J connectivity index is 1.19. The minimum Gasteiger partial charge on any atom is -0.458 e. The Bertz CT molecular complexity index is 1660. The van der Waals surface area contributed by atoms with Crippen LogP contribution in [0.4, 0.5) is 0 Å². The van der Waals surface area contributed by atoms with Gasteiger partial charge in [-0.05, 0) is 96.8 Å². The second kappa shape index (κ2) is 20.1. The van der Waals surface area contributed by atoms with E-state index in [0.717, 1.165) is 199 Å². The summed E-state index contributed by atoms with van der Waals surface area (Å²) in [6.45, 7) is 5.73. The van der Waals surface area contributed by atoms with Gasteiger partial charge in [0.25, 0.3) is 0 Å². The lowest BCUT2D eigenvalue weighted by molar-refractivity contribution is -0.139. The monoisotopic (exact) mass is 1100 g/mol. The highest BCUT2D eigenvalue weighted by molar-refractivity contribution is 7.04. The summed E-state index contributed by atoms with van der Waals surface area (Å²) in [5.41, 5.74) is -0.113. The molecule has 13 rings (SSSR count). The number of rotatable bonds is 10. The molecule has 0 aromatic heterocycles. The standard InChI is InChI=1S/C47H84O14Si8/c1-39(2)47(48)49-38-62-50-63(40-24-10-3-11-25-40)53-66(43-30-16-6-17-31-43)55-64(51-62,41-26-12-4-13-27-41)57-68(45-34-20-8-21-35-45)58-65(52-62,42-28-14-5-15-29-42)56-67(54-63,44-32-18-7-19-33-44)60-69(59-66,61-68)46-36-22-9-23-37-46/h40-46H,1,3-38H2,2H3. The summed E-state index contributed by atoms with van der Waals surface area (Å²) in [4.78, 5) is 14.0. The van der Waals surface area contributed by atoms with Gasteiger partial charge in [0, 0.05) is 44.4 Å². The van der Waals surface area contributed by atoms with Crippen molar-refractivity contribution in [3.63, 3.8) is 0 Å². The fraction of sp³-hybridized carbons (Fsp3) is 0.936. The van der Waals surface area contributed by atoms with E-state index in [4.69, 9.17) is 54.1 Å². The lowest BCUT2D eigenvalue weighted by Crippen LogP contribution is -2.91. The molecule has 14 nitrogen and oxygen atoms in total. The molecule has 13 aliphatic rings. The van der Waals surface area contributed by atoms with Crippen LogP contribution in [0.1, 0.15) is 232 Å². The minimum atomic E-state index is -4.47. The van der Waals surface area contributed by atoms with Crippen molar-refractivity contribution in [1.82, 2.24) is 0 Å². The molecule has 6 heterocycles. The Hall–Kier alpha value is 0.465. The first-order valence-electron chi connectivity index (χ1n) is 28.8. The molecule has 0 aromatic carbocycles. The fourth-order valence-electron chi connectivity index (χ4n) is 15.2. The zero-order chi connectivity index (χ0) is 46.8. The van der Waals surface area contributed by atoms with Gasteiger partial charge in [-0.3, -0.25) is 0 Å². The van der Waals surface area contributed by atoms with E-state index in [0.29, 0.717) is 5.57 Å². The molecule has 0 amide bonds. The Morgan fingerprint density at radius 3 is 0.681 bits per heavy atom. The van der Waals surface area contributed by atoms with E-state index in [1.807, 2.05) is 0 Å². The van der Waals surface area contributed by atoms with E-state index in [1.54, 1.807) is 6.92 Å². The second-order valence-corrected chi connectivity index (χ2v) is 49.5. The molecule has 0 atom stereocenters. The summed E-state index contributed by atoms with van der Waals surface area (Å²) in [7, 11) is -33.5. The van der Waals surface area contributed by atoms with E-state index in [2.05, 4.69) is 6.58 Å². The lowest BCUT2D eigenvalue weighted by atomic mass is 10.0. The maximum atomic E-state index is 14.0. The predicted molar refractivity (Wildman–Crippen MR) is 273 cm³/mol. The summed E-state index contributed by atoms with van der Waals surface area (Å²) < 4.78 is 109. The van der Waals surface area contributed by atoms with Crippen LogP contribution < -0.4 is 0 Å². The number of ether oxygens (including phenoxy) is 1. The van der Waals surface area contributed by atoms with Crippen molar-refractivity contribution in [2.24, 2.45) is 0 Å². The van der Waals surface area contributed by atoms with Crippen LogP contribution in [0.5, 0.6) is 0 Å². The normalized spacial score (nSPS) is 45.0. The third-order valence-electron chi connectivity index (χ3n) is 18.9. The molecule has 388 valence electrons. The number of esters is 1. The van der Waals surface area contributed by atoms with E-state index in [-0.39, 0.29) is 45.0 Å². The summed E-state index contributed by atoms with van der Waals surface area (Å²) in [6, 6.07) is 0. The molecule has 0 unspecified atom stereocenters. The summed E-state index contributed by atoms with van der Waals surface area (Å²) in [6.07, 6.45) is 35.2. The van der Waals surface area contributed by atoms with Crippen LogP contribution in [0.25, 0.3) is 0 Å². The maximum Gasteiger partial charge on any atom is 0.518 e. The van der Waals surface area contributed by atoms with Gasteiger partial charge in [-0.1, -0.05) is 141 Å². The van der Waals surface area contributed by atoms with Gasteiger partial charge >= 0.3 is 76.4 Å². The highest BCUT2D eigenvalue weighted by Gasteiger charge is 2.88. The van der Waals surface area contributed by atoms with Crippen LogP contribution in [0, 0.1) is 0 Å². The van der Waals surface area contributed by atoms with E-state index in [1.165, 1.54) is 25.7 Å². The highest BCUT2D eigenvalue weighted by atomic mass is 28.6. The van der Waals surface area contributed by atoms with Crippen LogP contribution in [-0.4, -0.2) is 82.6 Å². The van der Waals surface area contributed by atoms with Crippen LogP contribution in [-0.2, 0) is 58.9 Å². The summed E-state index contributed by atoms with van der Waals surface area (Å²) >= 11 is 0. The van der Waals surface area contributed by atoms with E-state index < -0.39 is 76.4 Å². The Kier molecular flexibility index (Phi) is 14.7. The number of carbonyl (C=O) groups excluding carboxylic acids is 1. The first-order chi connectivity index (χ1) is 33.5. The molecule has 8 bridgehead atoms. The van der Waals surface area contributed by atoms with Crippen LogP contribution >= 0.6 is 0 Å². The quantitative estimate of drug-likeness (QED) is 0.117. The number of hydrogen-bond acceptors (Lipinski definition) is 14. The third-order valence-corrected chi connectivity index (χ3v) is 58.1. The van der Waals surface area contributed by atoms with Crippen molar-refractivity contribution < 1.29 is 58.9 Å². The van der Waals surface area contributed by atoms with E-state index >= 15 is 0 Å². The van der Waals surface area contributed by atoms with E-state index in [9.17, 15) is 4.79 Å². The largest absolute Gasteiger partial charge is 0.518 e. The molecule has 0 N–H and O–H groups in total. The van der Waals surface area contributed by atoms with Crippen molar-refractivity contribution >= 4 is 76.4 Å². The molecule has 7 aliphatic carbocycles. The average molecular weight is 1100 g/mol. The molecule has 13 fully saturated rings. The van der Waals surface area contributed by atoms with Crippen molar-refractivity contribution in [3.8, 4) is 0 Å². The van der Waals surface area contributed by atoms with Crippen LogP contribution in [0.3, 0.4) is 0 Å². The van der Waals surface area contributed by atoms with Gasteiger partial charge in [-0.15, -0.1) is 0 Å². The Morgan fingerprint density at radius 2 is 0.507 bits per heavy atom. The number of carbonyl (C=O) groups is 1. The molecule has 6 aliphatic heterocycles. The van der Waals surface area contributed by atoms with Gasteiger partial charge < -0.3 is 54.1 Å². The van der Waals surface area contributed by atoms with Crippen molar-refractivity contribution in [3.05, 3.63) is 12.2 Å². The maximum absolute atomic E-state index is 14.0. The molecule has 69 heavy (non-hydrogen) atoms. The SMILES string of the molecule is C=C(C)C(=O)OC[Si]12O[Si]3(C4CCCCC4)O[Si]4(C5CCCCC5)O[Si](C5CCCCC5)(O1)O[Si]1(C5CCCCC5)O[Si](C5CCCCC5)(O2)O[Si](C2CCCCC2)(O3)O[Si](C2CCCCC2)(O4)O1. The zero-order valence-corrected chi connectivity index (χ0v) is 49.9. The first-order valence-corrected chi connectivity index (χ1v) is 43.3. The topological polar surface area (TPSA) is 137 Å². The molecule has 0 spiro atoms.